The van der Waals surface area contributed by atoms with Crippen molar-refractivity contribution in [2.45, 2.75) is 19.4 Å². The lowest BCUT2D eigenvalue weighted by molar-refractivity contribution is -0.149. The molecule has 0 aromatic rings. The molecule has 1 N–H and O–H groups in total. The first-order chi connectivity index (χ1) is 6.16. The highest BCUT2D eigenvalue weighted by atomic mass is 16.3. The van der Waals surface area contributed by atoms with Crippen molar-refractivity contribution in [2.24, 2.45) is 0 Å². The van der Waals surface area contributed by atoms with Gasteiger partial charge in [0.1, 0.15) is 5.60 Å². The van der Waals surface area contributed by atoms with Crippen LogP contribution in [-0.4, -0.2) is 60.0 Å². The maximum absolute atomic E-state index is 11.4. The molecule has 0 aliphatic rings. The van der Waals surface area contributed by atoms with E-state index in [4.69, 9.17) is 0 Å². The van der Waals surface area contributed by atoms with Crippen LogP contribution >= 0.6 is 0 Å². The Morgan fingerprint density at radius 1 is 1.21 bits per heavy atom. The molecular weight excluding hydrogens is 184 g/mol. The van der Waals surface area contributed by atoms with Crippen molar-refractivity contribution in [2.75, 3.05) is 27.7 Å². The van der Waals surface area contributed by atoms with Gasteiger partial charge in [-0.05, 0) is 13.8 Å². The first-order valence-electron chi connectivity index (χ1n) is 4.34. The zero-order valence-electron chi connectivity index (χ0n) is 9.37. The fourth-order valence-corrected chi connectivity index (χ4v) is 0.883. The molecule has 82 valence electrons. The molecule has 0 fully saturated rings. The first kappa shape index (κ1) is 12.9. The SMILES string of the molecule is CN(C)C(=O)CN(C)C(=O)C(C)(C)O. The highest BCUT2D eigenvalue weighted by Gasteiger charge is 2.28. The third-order valence-electron chi connectivity index (χ3n) is 1.74. The van der Waals surface area contributed by atoms with Crippen molar-refractivity contribution in [3.63, 3.8) is 0 Å². The Bertz CT molecular complexity index is 231. The summed E-state index contributed by atoms with van der Waals surface area (Å²) < 4.78 is 0. The van der Waals surface area contributed by atoms with Crippen LogP contribution in [0.25, 0.3) is 0 Å². The summed E-state index contributed by atoms with van der Waals surface area (Å²) in [6, 6.07) is 0. The van der Waals surface area contributed by atoms with E-state index in [2.05, 4.69) is 0 Å². The van der Waals surface area contributed by atoms with Gasteiger partial charge in [-0.25, -0.2) is 0 Å². The van der Waals surface area contributed by atoms with Crippen molar-refractivity contribution in [1.29, 1.82) is 0 Å². The second kappa shape index (κ2) is 4.41. The fraction of sp³-hybridized carbons (Fsp3) is 0.778. The van der Waals surface area contributed by atoms with E-state index in [-0.39, 0.29) is 12.5 Å². The number of amides is 2. The third kappa shape index (κ3) is 3.74. The summed E-state index contributed by atoms with van der Waals surface area (Å²) >= 11 is 0. The normalized spacial score (nSPS) is 11.0. The van der Waals surface area contributed by atoms with Gasteiger partial charge in [-0.15, -0.1) is 0 Å². The predicted molar refractivity (Wildman–Crippen MR) is 52.6 cm³/mol. The zero-order valence-corrected chi connectivity index (χ0v) is 9.37. The minimum Gasteiger partial charge on any atom is -0.381 e. The van der Waals surface area contributed by atoms with Crippen LogP contribution in [0.4, 0.5) is 0 Å². The molecule has 0 aliphatic heterocycles. The van der Waals surface area contributed by atoms with Crippen LogP contribution in [0.15, 0.2) is 0 Å². The highest BCUT2D eigenvalue weighted by molar-refractivity contribution is 5.88. The Balaban J connectivity index is 4.30. The summed E-state index contributed by atoms with van der Waals surface area (Å²) in [6.45, 7) is 2.77. The van der Waals surface area contributed by atoms with Crippen LogP contribution in [0.5, 0.6) is 0 Å². The van der Waals surface area contributed by atoms with Gasteiger partial charge in [0.25, 0.3) is 5.91 Å². The van der Waals surface area contributed by atoms with Gasteiger partial charge >= 0.3 is 0 Å². The van der Waals surface area contributed by atoms with Crippen molar-refractivity contribution >= 4 is 11.8 Å². The summed E-state index contributed by atoms with van der Waals surface area (Å²) in [5.41, 5.74) is -1.43. The third-order valence-corrected chi connectivity index (χ3v) is 1.74. The minimum atomic E-state index is -1.43. The molecule has 0 aromatic carbocycles. The van der Waals surface area contributed by atoms with Crippen LogP contribution in [0.2, 0.25) is 0 Å². The second-order valence-corrected chi connectivity index (χ2v) is 4.01. The summed E-state index contributed by atoms with van der Waals surface area (Å²) in [4.78, 5) is 25.3. The van der Waals surface area contributed by atoms with E-state index in [0.717, 1.165) is 0 Å². The number of rotatable bonds is 3. The van der Waals surface area contributed by atoms with E-state index in [1.807, 2.05) is 0 Å². The number of carbonyl (C=O) groups excluding carboxylic acids is 2. The summed E-state index contributed by atoms with van der Waals surface area (Å²) in [6.07, 6.45) is 0. The molecule has 0 heterocycles. The molecule has 5 heteroatoms. The number of aliphatic hydroxyl groups is 1. The quantitative estimate of drug-likeness (QED) is 0.658. The standard InChI is InChI=1S/C9H18N2O3/c1-9(2,14)8(13)11(5)6-7(12)10(3)4/h14H,6H2,1-5H3. The van der Waals surface area contributed by atoms with Gasteiger partial charge < -0.3 is 14.9 Å². The first-order valence-corrected chi connectivity index (χ1v) is 4.34. The van der Waals surface area contributed by atoms with Gasteiger partial charge in [0.2, 0.25) is 5.91 Å². The van der Waals surface area contributed by atoms with Crippen molar-refractivity contribution < 1.29 is 14.7 Å². The molecular formula is C9H18N2O3. The fourth-order valence-electron chi connectivity index (χ4n) is 0.883. The van der Waals surface area contributed by atoms with E-state index in [1.54, 1.807) is 14.1 Å². The van der Waals surface area contributed by atoms with Crippen molar-refractivity contribution in [1.82, 2.24) is 9.80 Å². The lowest BCUT2D eigenvalue weighted by Gasteiger charge is -2.25. The van der Waals surface area contributed by atoms with Gasteiger partial charge in [-0.2, -0.15) is 0 Å². The Morgan fingerprint density at radius 2 is 1.64 bits per heavy atom. The number of carbonyl (C=O) groups is 2. The van der Waals surface area contributed by atoms with Crippen LogP contribution in [0.1, 0.15) is 13.8 Å². The van der Waals surface area contributed by atoms with Gasteiger partial charge in [-0.3, -0.25) is 9.59 Å². The minimum absolute atomic E-state index is 0.0180. The Hall–Kier alpha value is -1.10. The molecule has 0 radical (unpaired) electrons. The molecule has 0 spiro atoms. The number of hydrogen-bond acceptors (Lipinski definition) is 3. The predicted octanol–water partition coefficient (Wildman–Crippen LogP) is -0.696. The van der Waals surface area contributed by atoms with Crippen LogP contribution in [0, 0.1) is 0 Å². The van der Waals surface area contributed by atoms with E-state index in [9.17, 15) is 14.7 Å². The molecule has 0 saturated heterocycles. The molecule has 14 heavy (non-hydrogen) atoms. The molecule has 2 amide bonds. The Labute approximate surface area is 84.3 Å². The maximum atomic E-state index is 11.4. The van der Waals surface area contributed by atoms with E-state index in [0.29, 0.717) is 0 Å². The number of hydrogen-bond donors (Lipinski definition) is 1. The van der Waals surface area contributed by atoms with Crippen LogP contribution < -0.4 is 0 Å². The average Bonchev–Trinajstić information content (AvgIpc) is 2.00. The summed E-state index contributed by atoms with van der Waals surface area (Å²) in [5, 5.41) is 9.39. The molecule has 0 atom stereocenters. The topological polar surface area (TPSA) is 60.9 Å². The smallest absolute Gasteiger partial charge is 0.254 e. The summed E-state index contributed by atoms with van der Waals surface area (Å²) in [7, 11) is 4.72. The Kier molecular flexibility index (Phi) is 4.07. The van der Waals surface area contributed by atoms with Gasteiger partial charge in [-0.1, -0.05) is 0 Å². The molecule has 0 unspecified atom stereocenters. The highest BCUT2D eigenvalue weighted by Crippen LogP contribution is 2.05. The van der Waals surface area contributed by atoms with Crippen LogP contribution in [-0.2, 0) is 9.59 Å². The van der Waals surface area contributed by atoms with Crippen molar-refractivity contribution in [3.05, 3.63) is 0 Å². The van der Waals surface area contributed by atoms with Crippen LogP contribution in [0.3, 0.4) is 0 Å². The molecule has 0 saturated carbocycles. The van der Waals surface area contributed by atoms with E-state index in [1.165, 1.54) is 30.7 Å². The van der Waals surface area contributed by atoms with E-state index >= 15 is 0 Å². The zero-order chi connectivity index (χ0) is 11.5. The number of nitrogens with zero attached hydrogens (tertiary/aromatic N) is 2. The average molecular weight is 202 g/mol. The second-order valence-electron chi connectivity index (χ2n) is 4.01. The number of likely N-dealkylation sites (N-methyl/N-ethyl adjacent to an activating group) is 2. The molecule has 0 aromatic heterocycles. The molecule has 0 rings (SSSR count). The summed E-state index contributed by atoms with van der Waals surface area (Å²) in [5.74, 6) is -0.641. The van der Waals surface area contributed by atoms with E-state index < -0.39 is 11.5 Å². The van der Waals surface area contributed by atoms with Gasteiger partial charge in [0, 0.05) is 21.1 Å². The van der Waals surface area contributed by atoms with Crippen molar-refractivity contribution in [3.8, 4) is 0 Å². The monoisotopic (exact) mass is 202 g/mol. The lowest BCUT2D eigenvalue weighted by Crippen LogP contribution is -2.46. The molecule has 0 bridgehead atoms. The van der Waals surface area contributed by atoms with Gasteiger partial charge in [0.05, 0.1) is 6.54 Å². The van der Waals surface area contributed by atoms with Gasteiger partial charge in [0.15, 0.2) is 0 Å². The maximum Gasteiger partial charge on any atom is 0.254 e. The largest absolute Gasteiger partial charge is 0.381 e. The molecule has 5 nitrogen and oxygen atoms in total. The lowest BCUT2D eigenvalue weighted by atomic mass is 10.1. The molecule has 0 aliphatic carbocycles. The Morgan fingerprint density at radius 3 is 1.93 bits per heavy atom.